The maximum atomic E-state index is 12.4. The van der Waals surface area contributed by atoms with Crippen LogP contribution in [-0.4, -0.2) is 41.3 Å². The zero-order valence-electron chi connectivity index (χ0n) is 12.4. The van der Waals surface area contributed by atoms with Gasteiger partial charge in [0.15, 0.2) is 17.9 Å². The van der Waals surface area contributed by atoms with Gasteiger partial charge in [0.2, 0.25) is 0 Å². The third kappa shape index (κ3) is 2.74. The van der Waals surface area contributed by atoms with Gasteiger partial charge in [-0.1, -0.05) is 24.3 Å². The van der Waals surface area contributed by atoms with E-state index in [9.17, 15) is 9.90 Å². The number of hydrogen-bond acceptors (Lipinski definition) is 5. The maximum absolute atomic E-state index is 12.4. The molecule has 1 unspecified atom stereocenters. The van der Waals surface area contributed by atoms with Gasteiger partial charge in [-0.25, -0.2) is 0 Å². The van der Waals surface area contributed by atoms with Gasteiger partial charge in [0.25, 0.3) is 0 Å². The number of carbonyl (C=O) groups is 1. The van der Waals surface area contributed by atoms with Crippen LogP contribution in [0.4, 0.5) is 0 Å². The summed E-state index contributed by atoms with van der Waals surface area (Å²) in [5, 5.41) is 10.3. The van der Waals surface area contributed by atoms with E-state index in [2.05, 4.69) is 0 Å². The number of aryl methyl sites for hydroxylation is 1. The summed E-state index contributed by atoms with van der Waals surface area (Å²) in [6, 6.07) is 7.20. The Morgan fingerprint density at radius 1 is 1.33 bits per heavy atom. The Morgan fingerprint density at radius 2 is 2.05 bits per heavy atom. The highest BCUT2D eigenvalue weighted by Crippen LogP contribution is 2.38. The van der Waals surface area contributed by atoms with Gasteiger partial charge in [0.1, 0.15) is 12.2 Å². The van der Waals surface area contributed by atoms with Gasteiger partial charge in [-0.2, -0.15) is 0 Å². The fourth-order valence-electron chi connectivity index (χ4n) is 2.92. The predicted molar refractivity (Wildman–Crippen MR) is 74.8 cm³/mol. The van der Waals surface area contributed by atoms with Crippen LogP contribution in [0.1, 0.15) is 36.2 Å². The summed E-state index contributed by atoms with van der Waals surface area (Å²) in [7, 11) is 0. The maximum Gasteiger partial charge on any atom is 0.194 e. The van der Waals surface area contributed by atoms with Crippen LogP contribution in [0.5, 0.6) is 0 Å². The number of aliphatic hydroxyl groups excluding tert-OH is 1. The molecule has 0 spiro atoms. The fourth-order valence-corrected chi connectivity index (χ4v) is 2.92. The van der Waals surface area contributed by atoms with Gasteiger partial charge >= 0.3 is 0 Å². The van der Waals surface area contributed by atoms with E-state index in [0.717, 1.165) is 5.56 Å². The molecule has 1 aromatic carbocycles. The first-order valence-electron chi connectivity index (χ1n) is 7.16. The Morgan fingerprint density at radius 3 is 2.71 bits per heavy atom. The van der Waals surface area contributed by atoms with E-state index in [1.807, 2.05) is 32.9 Å². The third-order valence-electron chi connectivity index (χ3n) is 3.94. The zero-order valence-corrected chi connectivity index (χ0v) is 12.4. The summed E-state index contributed by atoms with van der Waals surface area (Å²) < 4.78 is 16.9. The van der Waals surface area contributed by atoms with Crippen molar-refractivity contribution < 1.29 is 24.1 Å². The normalized spacial score (nSPS) is 31.9. The quantitative estimate of drug-likeness (QED) is 0.861. The molecule has 5 nitrogen and oxygen atoms in total. The lowest BCUT2D eigenvalue weighted by atomic mass is 9.97. The second kappa shape index (κ2) is 5.18. The molecule has 0 aliphatic carbocycles. The van der Waals surface area contributed by atoms with Crippen LogP contribution in [0.15, 0.2) is 24.3 Å². The zero-order chi connectivity index (χ0) is 15.2. The Hall–Kier alpha value is -1.27. The van der Waals surface area contributed by atoms with E-state index < -0.39 is 24.3 Å². The van der Waals surface area contributed by atoms with Crippen LogP contribution in [0.2, 0.25) is 0 Å². The number of aliphatic hydroxyl groups is 1. The highest BCUT2D eigenvalue weighted by atomic mass is 16.8. The highest BCUT2D eigenvalue weighted by Gasteiger charge is 2.51. The van der Waals surface area contributed by atoms with Gasteiger partial charge < -0.3 is 19.3 Å². The van der Waals surface area contributed by atoms with Crippen molar-refractivity contribution in [2.75, 3.05) is 0 Å². The molecule has 2 fully saturated rings. The number of ether oxygens (including phenoxy) is 3. The summed E-state index contributed by atoms with van der Waals surface area (Å²) in [6.07, 6.45) is -2.09. The Balaban J connectivity index is 1.69. The molecule has 2 aliphatic heterocycles. The number of rotatable bonds is 3. The molecule has 3 rings (SSSR count). The van der Waals surface area contributed by atoms with Gasteiger partial charge in [-0.3, -0.25) is 4.79 Å². The summed E-state index contributed by atoms with van der Waals surface area (Å²) in [4.78, 5) is 12.4. The van der Waals surface area contributed by atoms with Crippen LogP contribution in [-0.2, 0) is 14.2 Å². The molecule has 0 aromatic heterocycles. The van der Waals surface area contributed by atoms with Gasteiger partial charge in [0, 0.05) is 12.0 Å². The van der Waals surface area contributed by atoms with Crippen molar-refractivity contribution in [3.8, 4) is 0 Å². The van der Waals surface area contributed by atoms with Crippen molar-refractivity contribution in [2.45, 2.75) is 57.6 Å². The van der Waals surface area contributed by atoms with Crippen molar-refractivity contribution in [2.24, 2.45) is 0 Å². The lowest BCUT2D eigenvalue weighted by molar-refractivity contribution is -0.211. The topological polar surface area (TPSA) is 65.0 Å². The minimum absolute atomic E-state index is 0.232. The molecular formula is C16H20O5. The van der Waals surface area contributed by atoms with Crippen molar-refractivity contribution in [3.63, 3.8) is 0 Å². The Kier molecular flexibility index (Phi) is 3.61. The van der Waals surface area contributed by atoms with E-state index in [-0.39, 0.29) is 11.9 Å². The third-order valence-corrected chi connectivity index (χ3v) is 3.94. The lowest BCUT2D eigenvalue weighted by Crippen LogP contribution is -2.36. The average Bonchev–Trinajstić information content (AvgIpc) is 2.91. The minimum atomic E-state index is -1.20. The first-order valence-corrected chi connectivity index (χ1v) is 7.16. The monoisotopic (exact) mass is 292 g/mol. The highest BCUT2D eigenvalue weighted by molar-refractivity contribution is 6.00. The molecule has 2 heterocycles. The molecule has 5 heteroatoms. The second-order valence-electron chi connectivity index (χ2n) is 6.08. The van der Waals surface area contributed by atoms with E-state index in [0.29, 0.717) is 12.0 Å². The molecular weight excluding hydrogens is 272 g/mol. The van der Waals surface area contributed by atoms with E-state index in [1.54, 1.807) is 12.1 Å². The summed E-state index contributed by atoms with van der Waals surface area (Å²) in [5.74, 6) is -0.997. The van der Waals surface area contributed by atoms with Crippen molar-refractivity contribution in [1.29, 1.82) is 0 Å². The van der Waals surface area contributed by atoms with E-state index >= 15 is 0 Å². The number of Topliss-reactive ketones (excluding diaryl/α,β-unsaturated/α-hetero) is 1. The van der Waals surface area contributed by atoms with Crippen molar-refractivity contribution in [3.05, 3.63) is 35.4 Å². The first kappa shape index (κ1) is 14.7. The molecule has 0 bridgehead atoms. The molecule has 1 N–H and O–H groups in total. The number of carbonyl (C=O) groups excluding carboxylic acids is 1. The molecule has 21 heavy (non-hydrogen) atoms. The molecule has 114 valence electrons. The van der Waals surface area contributed by atoms with Crippen molar-refractivity contribution >= 4 is 5.78 Å². The first-order chi connectivity index (χ1) is 9.87. The van der Waals surface area contributed by atoms with Crippen LogP contribution in [0.25, 0.3) is 0 Å². The van der Waals surface area contributed by atoms with Crippen LogP contribution in [0.3, 0.4) is 0 Å². The van der Waals surface area contributed by atoms with Gasteiger partial charge in [0.05, 0.1) is 6.10 Å². The van der Waals surface area contributed by atoms with Crippen LogP contribution >= 0.6 is 0 Å². The smallest absolute Gasteiger partial charge is 0.194 e. The average molecular weight is 292 g/mol. The lowest BCUT2D eigenvalue weighted by Gasteiger charge is -2.22. The summed E-state index contributed by atoms with van der Waals surface area (Å²) in [6.45, 7) is 5.48. The summed E-state index contributed by atoms with van der Waals surface area (Å²) >= 11 is 0. The second-order valence-corrected chi connectivity index (χ2v) is 6.08. The largest absolute Gasteiger partial charge is 0.382 e. The molecule has 4 atom stereocenters. The molecule has 0 radical (unpaired) electrons. The van der Waals surface area contributed by atoms with Crippen LogP contribution in [0, 0.1) is 6.92 Å². The molecule has 0 amide bonds. The standard InChI is InChI=1S/C16H20O5/c1-9-6-4-5-7-10(9)13(17)14(18)11-8-12-15(19-11)21-16(2,3)20-12/h4-7,11-12,14-15,18H,8H2,1-3H3/t11-,12+,14?,15-/m1/s1. The number of fused-ring (bicyclic) bond motifs is 1. The van der Waals surface area contributed by atoms with Crippen LogP contribution < -0.4 is 0 Å². The summed E-state index contributed by atoms with van der Waals surface area (Å²) in [5.41, 5.74) is 1.36. The SMILES string of the molecule is Cc1ccccc1C(=O)C(O)[C@H]1C[C@@H]2OC(C)(C)O[C@H]2O1. The predicted octanol–water partition coefficient (Wildman–Crippen LogP) is 1.81. The molecule has 2 saturated heterocycles. The Bertz CT molecular complexity index is 537. The van der Waals surface area contributed by atoms with Gasteiger partial charge in [-0.15, -0.1) is 0 Å². The number of hydrogen-bond donors (Lipinski definition) is 1. The number of ketones is 1. The number of benzene rings is 1. The van der Waals surface area contributed by atoms with E-state index in [1.165, 1.54) is 0 Å². The van der Waals surface area contributed by atoms with Crippen molar-refractivity contribution in [1.82, 2.24) is 0 Å². The van der Waals surface area contributed by atoms with E-state index in [4.69, 9.17) is 14.2 Å². The fraction of sp³-hybridized carbons (Fsp3) is 0.562. The Labute approximate surface area is 123 Å². The molecule has 2 aliphatic rings. The molecule has 1 aromatic rings. The van der Waals surface area contributed by atoms with Gasteiger partial charge in [-0.05, 0) is 26.3 Å². The molecule has 0 saturated carbocycles. The minimum Gasteiger partial charge on any atom is -0.382 e.